The fraction of sp³-hybridized carbons (Fsp3) is 0.182. The fourth-order valence-corrected chi connectivity index (χ4v) is 2.25. The Kier molecular flexibility index (Phi) is 2.33. The minimum absolute atomic E-state index is 0.0737. The van der Waals surface area contributed by atoms with E-state index in [0.717, 1.165) is 5.56 Å². The van der Waals surface area contributed by atoms with Crippen LogP contribution in [0.3, 0.4) is 0 Å². The van der Waals surface area contributed by atoms with Gasteiger partial charge in [-0.3, -0.25) is 10.1 Å². The maximum atomic E-state index is 11.6. The number of nitrogens with zero attached hydrogens (tertiary/aromatic N) is 3. The fourth-order valence-electron chi connectivity index (χ4n) is 1.99. The van der Waals surface area contributed by atoms with Crippen molar-refractivity contribution in [1.82, 2.24) is 14.8 Å². The van der Waals surface area contributed by atoms with E-state index in [-0.39, 0.29) is 11.9 Å². The minimum atomic E-state index is -0.185. The first-order chi connectivity index (χ1) is 8.25. The molecule has 3 rings (SSSR count). The number of hydrogen-bond donors (Lipinski definition) is 1. The van der Waals surface area contributed by atoms with Crippen LogP contribution in [-0.4, -0.2) is 20.7 Å². The summed E-state index contributed by atoms with van der Waals surface area (Å²) in [5.74, 6) is 0.390. The predicted octanol–water partition coefficient (Wildman–Crippen LogP) is 1.86. The van der Waals surface area contributed by atoms with E-state index in [9.17, 15) is 4.79 Å². The second kappa shape index (κ2) is 3.85. The van der Waals surface area contributed by atoms with E-state index in [4.69, 9.17) is 11.6 Å². The number of carbonyl (C=O) groups excluding carboxylic acids is 1. The van der Waals surface area contributed by atoms with Gasteiger partial charge in [-0.05, 0) is 11.6 Å². The number of aromatic nitrogens is 3. The summed E-state index contributed by atoms with van der Waals surface area (Å²) in [4.78, 5) is 15.6. The third kappa shape index (κ3) is 1.68. The van der Waals surface area contributed by atoms with E-state index in [2.05, 4.69) is 15.4 Å². The first-order valence-corrected chi connectivity index (χ1v) is 5.57. The Hall–Kier alpha value is -1.88. The largest absolute Gasteiger partial charge is 0.295 e. The number of fused-ring (bicyclic) bond motifs is 1. The molecule has 2 aromatic rings. The van der Waals surface area contributed by atoms with Crippen LogP contribution in [0.4, 0.5) is 5.95 Å². The van der Waals surface area contributed by atoms with Gasteiger partial charge in [0.2, 0.25) is 11.9 Å². The lowest BCUT2D eigenvalue weighted by atomic mass is 10.0. The standard InChI is InChI=1S/C11H9ClN4O/c12-8-4-2-1-3-7(8)9-5-10(17)15-11-13-6-14-16(9)11/h1-4,6,9H,5H2,(H,13,14,15,17)/t9-/m0/s1. The number of benzene rings is 1. The molecule has 0 saturated heterocycles. The van der Waals surface area contributed by atoms with Crippen molar-refractivity contribution < 1.29 is 4.79 Å². The lowest BCUT2D eigenvalue weighted by molar-refractivity contribution is -0.117. The molecule has 0 aliphatic carbocycles. The second-order valence-corrected chi connectivity index (χ2v) is 4.23. The second-order valence-electron chi connectivity index (χ2n) is 3.82. The van der Waals surface area contributed by atoms with E-state index >= 15 is 0 Å². The molecule has 6 heteroatoms. The average molecular weight is 249 g/mol. The van der Waals surface area contributed by atoms with E-state index in [1.165, 1.54) is 6.33 Å². The Balaban J connectivity index is 2.11. The first kappa shape index (κ1) is 10.3. The molecular weight excluding hydrogens is 240 g/mol. The molecule has 1 amide bonds. The molecule has 17 heavy (non-hydrogen) atoms. The average Bonchev–Trinajstić information content (AvgIpc) is 2.76. The van der Waals surface area contributed by atoms with Crippen molar-refractivity contribution in [3.05, 3.63) is 41.2 Å². The molecular formula is C11H9ClN4O. The molecule has 1 aromatic carbocycles. The molecule has 0 fully saturated rings. The molecule has 0 unspecified atom stereocenters. The summed E-state index contributed by atoms with van der Waals surface area (Å²) in [5.41, 5.74) is 0.885. The monoisotopic (exact) mass is 248 g/mol. The van der Waals surface area contributed by atoms with Crippen LogP contribution in [0, 0.1) is 0 Å². The van der Waals surface area contributed by atoms with Gasteiger partial charge >= 0.3 is 0 Å². The van der Waals surface area contributed by atoms with E-state index < -0.39 is 0 Å². The Bertz CT molecular complexity index is 580. The third-order valence-corrected chi connectivity index (χ3v) is 3.11. The highest BCUT2D eigenvalue weighted by Gasteiger charge is 2.28. The van der Waals surface area contributed by atoms with Gasteiger partial charge in [-0.15, -0.1) is 0 Å². The summed E-state index contributed by atoms with van der Waals surface area (Å²) >= 11 is 6.15. The van der Waals surface area contributed by atoms with E-state index in [0.29, 0.717) is 17.4 Å². The van der Waals surface area contributed by atoms with Crippen molar-refractivity contribution in [3.63, 3.8) is 0 Å². The molecule has 1 aromatic heterocycles. The first-order valence-electron chi connectivity index (χ1n) is 5.19. The number of anilines is 1. The van der Waals surface area contributed by atoms with Gasteiger partial charge in [-0.1, -0.05) is 29.8 Å². The Morgan fingerprint density at radius 1 is 1.41 bits per heavy atom. The quantitative estimate of drug-likeness (QED) is 0.838. The molecule has 1 aliphatic rings. The maximum Gasteiger partial charge on any atom is 0.229 e. The van der Waals surface area contributed by atoms with E-state index in [1.807, 2.05) is 18.2 Å². The zero-order chi connectivity index (χ0) is 11.8. The smallest absolute Gasteiger partial charge is 0.229 e. The topological polar surface area (TPSA) is 59.8 Å². The molecule has 5 nitrogen and oxygen atoms in total. The van der Waals surface area contributed by atoms with Gasteiger partial charge in [0.05, 0.1) is 12.5 Å². The van der Waals surface area contributed by atoms with Crippen molar-refractivity contribution in [2.75, 3.05) is 5.32 Å². The Morgan fingerprint density at radius 2 is 2.24 bits per heavy atom. The van der Waals surface area contributed by atoms with Gasteiger partial charge < -0.3 is 0 Å². The highest BCUT2D eigenvalue weighted by molar-refractivity contribution is 6.31. The molecule has 0 saturated carbocycles. The lowest BCUT2D eigenvalue weighted by Crippen LogP contribution is -2.29. The van der Waals surface area contributed by atoms with Crippen LogP contribution >= 0.6 is 11.6 Å². The summed E-state index contributed by atoms with van der Waals surface area (Å²) in [6.45, 7) is 0. The third-order valence-electron chi connectivity index (χ3n) is 2.76. The van der Waals surface area contributed by atoms with Crippen LogP contribution in [-0.2, 0) is 4.79 Å². The number of halogens is 1. The maximum absolute atomic E-state index is 11.6. The number of hydrogen-bond acceptors (Lipinski definition) is 3. The zero-order valence-corrected chi connectivity index (χ0v) is 9.55. The Labute approximate surface area is 102 Å². The molecule has 0 bridgehead atoms. The van der Waals surface area contributed by atoms with Crippen molar-refractivity contribution in [2.24, 2.45) is 0 Å². The van der Waals surface area contributed by atoms with Gasteiger partial charge in [0.25, 0.3) is 0 Å². The van der Waals surface area contributed by atoms with Crippen molar-refractivity contribution in [3.8, 4) is 0 Å². The Morgan fingerprint density at radius 3 is 3.06 bits per heavy atom. The summed E-state index contributed by atoms with van der Waals surface area (Å²) < 4.78 is 1.68. The minimum Gasteiger partial charge on any atom is -0.295 e. The summed E-state index contributed by atoms with van der Waals surface area (Å²) in [5, 5.41) is 7.42. The van der Waals surface area contributed by atoms with Gasteiger partial charge in [0, 0.05) is 5.02 Å². The number of nitrogens with one attached hydrogen (secondary N) is 1. The summed E-state index contributed by atoms with van der Waals surface area (Å²) in [6.07, 6.45) is 1.74. The van der Waals surface area contributed by atoms with Crippen LogP contribution in [0.1, 0.15) is 18.0 Å². The normalized spacial score (nSPS) is 18.6. The van der Waals surface area contributed by atoms with Crippen LogP contribution in [0.15, 0.2) is 30.6 Å². The van der Waals surface area contributed by atoms with Crippen molar-refractivity contribution >= 4 is 23.5 Å². The van der Waals surface area contributed by atoms with Gasteiger partial charge in [-0.25, -0.2) is 4.68 Å². The molecule has 2 heterocycles. The molecule has 86 valence electrons. The molecule has 1 atom stereocenters. The molecule has 0 spiro atoms. The molecule has 1 aliphatic heterocycles. The number of rotatable bonds is 1. The van der Waals surface area contributed by atoms with Crippen LogP contribution in [0.2, 0.25) is 5.02 Å². The highest BCUT2D eigenvalue weighted by atomic mass is 35.5. The van der Waals surface area contributed by atoms with Crippen LogP contribution in [0.5, 0.6) is 0 Å². The van der Waals surface area contributed by atoms with Crippen LogP contribution < -0.4 is 5.32 Å². The van der Waals surface area contributed by atoms with Crippen molar-refractivity contribution in [2.45, 2.75) is 12.5 Å². The number of carbonyl (C=O) groups is 1. The van der Waals surface area contributed by atoms with Gasteiger partial charge in [-0.2, -0.15) is 10.1 Å². The highest BCUT2D eigenvalue weighted by Crippen LogP contribution is 2.32. The van der Waals surface area contributed by atoms with Gasteiger partial charge in [0.15, 0.2) is 0 Å². The molecule has 0 radical (unpaired) electrons. The predicted molar refractivity (Wildman–Crippen MR) is 62.9 cm³/mol. The molecule has 1 N–H and O–H groups in total. The van der Waals surface area contributed by atoms with Crippen LogP contribution in [0.25, 0.3) is 0 Å². The van der Waals surface area contributed by atoms with Crippen molar-refractivity contribution in [1.29, 1.82) is 0 Å². The summed E-state index contributed by atoms with van der Waals surface area (Å²) in [6, 6.07) is 7.27. The lowest BCUT2D eigenvalue weighted by Gasteiger charge is -2.24. The zero-order valence-electron chi connectivity index (χ0n) is 8.80. The number of amides is 1. The van der Waals surface area contributed by atoms with Gasteiger partial charge in [0.1, 0.15) is 6.33 Å². The SMILES string of the molecule is O=C1C[C@@H](c2ccccc2Cl)n2ncnc2N1. The van der Waals surface area contributed by atoms with E-state index in [1.54, 1.807) is 10.7 Å². The summed E-state index contributed by atoms with van der Waals surface area (Å²) in [7, 11) is 0.